The van der Waals surface area contributed by atoms with Crippen molar-refractivity contribution in [2.45, 2.75) is 37.7 Å². The second-order valence-electron chi connectivity index (χ2n) is 6.90. The van der Waals surface area contributed by atoms with Crippen LogP contribution in [0.25, 0.3) is 0 Å². The Morgan fingerprint density at radius 2 is 2.04 bits per heavy atom. The number of imide groups is 1. The molecule has 1 aromatic rings. The van der Waals surface area contributed by atoms with E-state index in [0.29, 0.717) is 48.7 Å². The Hall–Kier alpha value is -2.12. The summed E-state index contributed by atoms with van der Waals surface area (Å²) in [6, 6.07) is 5.04. The van der Waals surface area contributed by atoms with Gasteiger partial charge in [0.1, 0.15) is 5.75 Å². The predicted octanol–water partition coefficient (Wildman–Crippen LogP) is 2.80. The number of ketones is 1. The number of piperidine rings is 1. The van der Waals surface area contributed by atoms with Gasteiger partial charge in [-0.15, -0.1) is 0 Å². The van der Waals surface area contributed by atoms with E-state index in [1.165, 1.54) is 7.11 Å². The second kappa shape index (κ2) is 8.27. The van der Waals surface area contributed by atoms with E-state index >= 15 is 0 Å². The van der Waals surface area contributed by atoms with Crippen molar-refractivity contribution in [2.75, 3.05) is 26.7 Å². The Labute approximate surface area is 162 Å². The summed E-state index contributed by atoms with van der Waals surface area (Å²) in [4.78, 5) is 37.8. The molecule has 0 unspecified atom stereocenters. The van der Waals surface area contributed by atoms with Crippen LogP contribution in [-0.4, -0.2) is 55.0 Å². The molecule has 1 spiro atoms. The van der Waals surface area contributed by atoms with E-state index in [-0.39, 0.29) is 11.7 Å². The fourth-order valence-electron chi connectivity index (χ4n) is 3.58. The average molecular weight is 395 g/mol. The summed E-state index contributed by atoms with van der Waals surface area (Å²) in [5.74, 6) is 0.227. The van der Waals surface area contributed by atoms with Gasteiger partial charge in [-0.1, -0.05) is 11.6 Å². The maximum atomic E-state index is 12.4. The molecule has 3 rings (SSSR count). The minimum Gasteiger partial charge on any atom is -0.496 e. The first-order chi connectivity index (χ1) is 12.9. The number of alkyl carbamates (subject to hydrolysis) is 1. The number of methoxy groups -OCH3 is 1. The molecule has 0 radical (unpaired) electrons. The summed E-state index contributed by atoms with van der Waals surface area (Å²) in [6.45, 7) is 2.22. The molecule has 27 heavy (non-hydrogen) atoms. The van der Waals surface area contributed by atoms with Crippen molar-refractivity contribution >= 4 is 29.4 Å². The molecule has 2 saturated heterocycles. The summed E-state index contributed by atoms with van der Waals surface area (Å²) in [6.07, 6.45) is 2.41. The first-order valence-electron chi connectivity index (χ1n) is 9.07. The fraction of sp³-hybridized carbons (Fsp3) is 0.526. The molecule has 7 nitrogen and oxygen atoms in total. The van der Waals surface area contributed by atoms with Gasteiger partial charge in [-0.05, 0) is 37.6 Å². The van der Waals surface area contributed by atoms with Gasteiger partial charge in [0.05, 0.1) is 12.7 Å². The van der Waals surface area contributed by atoms with Gasteiger partial charge in [0.15, 0.2) is 11.4 Å². The molecule has 0 saturated carbocycles. The minimum atomic E-state index is -0.979. The number of nitrogens with one attached hydrogen (secondary N) is 1. The molecule has 0 bridgehead atoms. The molecule has 2 amide bonds. The number of benzene rings is 1. The molecule has 2 heterocycles. The predicted molar refractivity (Wildman–Crippen MR) is 99.2 cm³/mol. The van der Waals surface area contributed by atoms with Crippen LogP contribution < -0.4 is 10.1 Å². The third-order valence-electron chi connectivity index (χ3n) is 5.17. The van der Waals surface area contributed by atoms with E-state index in [9.17, 15) is 14.4 Å². The first-order valence-corrected chi connectivity index (χ1v) is 9.45. The number of carbonyl (C=O) groups excluding carboxylic acids is 3. The number of Topliss-reactive ketones (excluding diaryl/α,β-unsaturated/α-hetero) is 1. The molecular weight excluding hydrogens is 372 g/mol. The highest BCUT2D eigenvalue weighted by atomic mass is 35.5. The lowest BCUT2D eigenvalue weighted by molar-refractivity contribution is -0.135. The van der Waals surface area contributed by atoms with Gasteiger partial charge in [-0.2, -0.15) is 0 Å². The summed E-state index contributed by atoms with van der Waals surface area (Å²) < 4.78 is 10.4. The van der Waals surface area contributed by atoms with Gasteiger partial charge in [-0.3, -0.25) is 14.9 Å². The molecule has 8 heteroatoms. The zero-order chi connectivity index (χ0) is 19.4. The Morgan fingerprint density at radius 3 is 2.67 bits per heavy atom. The summed E-state index contributed by atoms with van der Waals surface area (Å²) in [5.41, 5.74) is -0.467. The van der Waals surface area contributed by atoms with Crippen LogP contribution in [0.5, 0.6) is 5.75 Å². The van der Waals surface area contributed by atoms with Crippen LogP contribution in [0, 0.1) is 0 Å². The second-order valence-corrected chi connectivity index (χ2v) is 7.34. The highest BCUT2D eigenvalue weighted by Gasteiger charge is 2.50. The van der Waals surface area contributed by atoms with Crippen LogP contribution in [0.15, 0.2) is 18.2 Å². The zero-order valence-electron chi connectivity index (χ0n) is 15.3. The number of unbranched alkanes of at least 4 members (excludes halogenated alkanes) is 1. The van der Waals surface area contributed by atoms with Gasteiger partial charge >= 0.3 is 6.09 Å². The summed E-state index contributed by atoms with van der Waals surface area (Å²) in [5, 5.41) is 2.72. The first kappa shape index (κ1) is 19.6. The van der Waals surface area contributed by atoms with Crippen LogP contribution in [-0.2, 0) is 9.53 Å². The molecule has 2 fully saturated rings. The third-order valence-corrected chi connectivity index (χ3v) is 5.41. The Morgan fingerprint density at radius 1 is 1.30 bits per heavy atom. The number of ether oxygens (including phenoxy) is 2. The molecule has 2 aliphatic rings. The number of amides is 2. The minimum absolute atomic E-state index is 0.0153. The van der Waals surface area contributed by atoms with Crippen molar-refractivity contribution in [1.82, 2.24) is 10.2 Å². The van der Waals surface area contributed by atoms with Crippen LogP contribution in [0.3, 0.4) is 0 Å². The smallest absolute Gasteiger partial charge is 0.415 e. The Bertz CT molecular complexity index is 744. The van der Waals surface area contributed by atoms with E-state index in [4.69, 9.17) is 21.1 Å². The maximum Gasteiger partial charge on any atom is 0.415 e. The topological polar surface area (TPSA) is 84.9 Å². The van der Waals surface area contributed by atoms with Crippen molar-refractivity contribution in [3.05, 3.63) is 28.8 Å². The van der Waals surface area contributed by atoms with E-state index in [2.05, 4.69) is 10.2 Å². The molecule has 2 aliphatic heterocycles. The van der Waals surface area contributed by atoms with Crippen molar-refractivity contribution in [3.8, 4) is 5.75 Å². The summed E-state index contributed by atoms with van der Waals surface area (Å²) in [7, 11) is 1.53. The molecule has 1 N–H and O–H groups in total. The number of carbonyl (C=O) groups is 3. The van der Waals surface area contributed by atoms with Crippen LogP contribution in [0.2, 0.25) is 5.02 Å². The SMILES string of the molecule is COc1ccc(Cl)cc1C(=O)CCCCN1CCC2(CC1)OC(=O)NC2=O. The normalized spacial score (nSPS) is 19.0. The van der Waals surface area contributed by atoms with Crippen molar-refractivity contribution in [1.29, 1.82) is 0 Å². The van der Waals surface area contributed by atoms with Gasteiger partial charge in [0.25, 0.3) is 5.91 Å². The van der Waals surface area contributed by atoms with Crippen LogP contribution >= 0.6 is 11.6 Å². The number of nitrogens with zero attached hydrogens (tertiary/aromatic N) is 1. The highest BCUT2D eigenvalue weighted by Crippen LogP contribution is 2.30. The molecule has 0 aliphatic carbocycles. The summed E-state index contributed by atoms with van der Waals surface area (Å²) >= 11 is 5.98. The largest absolute Gasteiger partial charge is 0.496 e. The molecule has 146 valence electrons. The molecule has 0 atom stereocenters. The van der Waals surface area contributed by atoms with Crippen molar-refractivity contribution < 1.29 is 23.9 Å². The van der Waals surface area contributed by atoms with E-state index in [0.717, 1.165) is 19.4 Å². The number of likely N-dealkylation sites (tertiary alicyclic amines) is 1. The lowest BCUT2D eigenvalue weighted by atomic mass is 9.90. The monoisotopic (exact) mass is 394 g/mol. The van der Waals surface area contributed by atoms with Crippen molar-refractivity contribution in [3.63, 3.8) is 0 Å². The van der Waals surface area contributed by atoms with Crippen LogP contribution in [0.4, 0.5) is 4.79 Å². The highest BCUT2D eigenvalue weighted by molar-refractivity contribution is 6.31. The number of hydrogen-bond donors (Lipinski definition) is 1. The quantitative estimate of drug-likeness (QED) is 0.565. The Kier molecular flexibility index (Phi) is 6.01. The molecular formula is C19H23ClN2O5. The van der Waals surface area contributed by atoms with Gasteiger partial charge in [0.2, 0.25) is 0 Å². The van der Waals surface area contributed by atoms with Gasteiger partial charge in [-0.25, -0.2) is 4.79 Å². The molecule has 1 aromatic carbocycles. The van der Waals surface area contributed by atoms with E-state index in [1.807, 2.05) is 0 Å². The Balaban J connectivity index is 1.41. The van der Waals surface area contributed by atoms with Crippen LogP contribution in [0.1, 0.15) is 42.5 Å². The maximum absolute atomic E-state index is 12.4. The van der Waals surface area contributed by atoms with Gasteiger partial charge < -0.3 is 14.4 Å². The lowest BCUT2D eigenvalue weighted by Gasteiger charge is -2.35. The van der Waals surface area contributed by atoms with E-state index < -0.39 is 11.7 Å². The third kappa shape index (κ3) is 4.42. The zero-order valence-corrected chi connectivity index (χ0v) is 16.0. The standard InChI is InChI=1S/C19H23ClN2O5/c1-26-16-6-5-13(20)12-14(16)15(23)4-2-3-9-22-10-7-19(8-11-22)17(24)21-18(25)27-19/h5-6,12H,2-4,7-11H2,1H3,(H,21,24,25). The van der Waals surface area contributed by atoms with Crippen molar-refractivity contribution in [2.24, 2.45) is 0 Å². The number of hydrogen-bond acceptors (Lipinski definition) is 6. The average Bonchev–Trinajstić information content (AvgIpc) is 2.93. The number of rotatable bonds is 7. The fourth-order valence-corrected chi connectivity index (χ4v) is 3.75. The van der Waals surface area contributed by atoms with E-state index in [1.54, 1.807) is 18.2 Å². The molecule has 0 aromatic heterocycles. The number of halogens is 1. The lowest BCUT2D eigenvalue weighted by Crippen LogP contribution is -2.49. The van der Waals surface area contributed by atoms with Gasteiger partial charge in [0, 0.05) is 37.4 Å².